The molecule has 0 unspecified atom stereocenters. The molecule has 1 amide bonds. The monoisotopic (exact) mass is 493 g/mol. The maximum absolute atomic E-state index is 12.9. The van der Waals surface area contributed by atoms with Crippen LogP contribution in [0.3, 0.4) is 0 Å². The highest BCUT2D eigenvalue weighted by Crippen LogP contribution is 2.16. The quantitative estimate of drug-likeness (QED) is 0.215. The first-order valence-corrected chi connectivity index (χ1v) is 11.7. The lowest BCUT2D eigenvalue weighted by Gasteiger charge is -2.22. The summed E-state index contributed by atoms with van der Waals surface area (Å²) in [7, 11) is 4.51. The molecule has 196 valence electrons. The number of carbonyl (C=O) groups excluding carboxylic acids is 4. The van der Waals surface area contributed by atoms with Gasteiger partial charge >= 0.3 is 24.0 Å². The number of amides is 1. The molecule has 0 saturated heterocycles. The molecular weight excluding hydrogens is 454 g/mol. The Bertz CT molecular complexity index is 840. The lowest BCUT2D eigenvalue weighted by molar-refractivity contribution is -0.176. The summed E-state index contributed by atoms with van der Waals surface area (Å²) in [4.78, 5) is 49.7. The second-order valence-corrected chi connectivity index (χ2v) is 9.12. The minimum absolute atomic E-state index is 0.0110. The maximum Gasteiger partial charge on any atom is 0.411 e. The predicted octanol–water partition coefficient (Wildman–Crippen LogP) is 2.66. The molecule has 0 aliphatic carbocycles. The van der Waals surface area contributed by atoms with Gasteiger partial charge in [0.1, 0.15) is 12.1 Å². The number of carbonyl (C=O) groups is 4. The van der Waals surface area contributed by atoms with Gasteiger partial charge in [-0.05, 0) is 56.5 Å². The summed E-state index contributed by atoms with van der Waals surface area (Å²) in [6.07, 6.45) is -0.957. The first-order valence-electron chi connectivity index (χ1n) is 11.7. The van der Waals surface area contributed by atoms with Gasteiger partial charge in [0.2, 0.25) is 6.10 Å². The van der Waals surface area contributed by atoms with E-state index in [1.54, 1.807) is 38.4 Å². The molecule has 3 atom stereocenters. The third kappa shape index (κ3) is 10.9. The van der Waals surface area contributed by atoms with Crippen molar-refractivity contribution in [1.29, 1.82) is 0 Å². The van der Waals surface area contributed by atoms with E-state index in [-0.39, 0.29) is 18.3 Å². The van der Waals surface area contributed by atoms with Crippen LogP contribution in [0.5, 0.6) is 0 Å². The first-order chi connectivity index (χ1) is 16.5. The van der Waals surface area contributed by atoms with Crippen LogP contribution in [0.15, 0.2) is 24.3 Å². The minimum atomic E-state index is -1.33. The van der Waals surface area contributed by atoms with E-state index < -0.39 is 42.2 Å². The van der Waals surface area contributed by atoms with E-state index in [1.165, 1.54) is 7.11 Å². The van der Waals surface area contributed by atoms with Crippen molar-refractivity contribution >= 4 is 29.7 Å². The standard InChI is InChI=1S/C25H39N3O7/c1-15(2)12-19(26-5)22(29)34-21(24(31)35-23(30)20(27-6)13-16(3)4)14-17-8-10-18(11-9-17)28-25(32)33-7/h8-11,15-16,19-21,26-27H,12-14H2,1-7H3,(H,28,32)/t19-,20-,21+/m0/s1. The number of hydrogen-bond donors (Lipinski definition) is 3. The highest BCUT2D eigenvalue weighted by molar-refractivity contribution is 5.92. The third-order valence-electron chi connectivity index (χ3n) is 5.21. The number of rotatable bonds is 13. The number of esters is 3. The van der Waals surface area contributed by atoms with E-state index in [9.17, 15) is 19.2 Å². The Morgan fingerprint density at radius 1 is 0.800 bits per heavy atom. The lowest BCUT2D eigenvalue weighted by atomic mass is 10.0. The Kier molecular flexibility index (Phi) is 13.0. The summed E-state index contributed by atoms with van der Waals surface area (Å²) in [5.41, 5.74) is 1.13. The Labute approximate surface area is 207 Å². The second-order valence-electron chi connectivity index (χ2n) is 9.12. The van der Waals surface area contributed by atoms with Crippen molar-refractivity contribution in [3.63, 3.8) is 0 Å². The van der Waals surface area contributed by atoms with Crippen molar-refractivity contribution in [3.05, 3.63) is 29.8 Å². The molecule has 10 nitrogen and oxygen atoms in total. The Morgan fingerprint density at radius 3 is 1.77 bits per heavy atom. The molecule has 1 aromatic carbocycles. The highest BCUT2D eigenvalue weighted by Gasteiger charge is 2.32. The molecule has 0 aliphatic heterocycles. The van der Waals surface area contributed by atoms with Gasteiger partial charge in [0.05, 0.1) is 7.11 Å². The molecule has 35 heavy (non-hydrogen) atoms. The van der Waals surface area contributed by atoms with Gasteiger partial charge in [-0.2, -0.15) is 0 Å². The van der Waals surface area contributed by atoms with E-state index in [0.717, 1.165) is 0 Å². The zero-order valence-electron chi connectivity index (χ0n) is 21.7. The van der Waals surface area contributed by atoms with Gasteiger partial charge in [0.25, 0.3) is 0 Å². The van der Waals surface area contributed by atoms with Crippen molar-refractivity contribution in [2.75, 3.05) is 26.5 Å². The molecule has 10 heteroatoms. The Balaban J connectivity index is 3.06. The molecule has 0 saturated carbocycles. The van der Waals surface area contributed by atoms with E-state index in [4.69, 9.17) is 9.47 Å². The number of anilines is 1. The molecule has 0 fully saturated rings. The number of ether oxygens (including phenoxy) is 3. The van der Waals surface area contributed by atoms with Crippen LogP contribution in [-0.2, 0) is 35.0 Å². The van der Waals surface area contributed by atoms with E-state index in [2.05, 4.69) is 20.7 Å². The number of benzene rings is 1. The van der Waals surface area contributed by atoms with Crippen molar-refractivity contribution < 1.29 is 33.4 Å². The fraction of sp³-hybridized carbons (Fsp3) is 0.600. The van der Waals surface area contributed by atoms with Crippen LogP contribution >= 0.6 is 0 Å². The van der Waals surface area contributed by atoms with Crippen LogP contribution < -0.4 is 16.0 Å². The molecule has 0 spiro atoms. The first kappa shape index (κ1) is 30.1. The maximum atomic E-state index is 12.9. The molecule has 0 heterocycles. The molecule has 1 aromatic rings. The largest absolute Gasteiger partial charge is 0.453 e. The summed E-state index contributed by atoms with van der Waals surface area (Å²) in [6, 6.07) is 5.30. The number of nitrogens with one attached hydrogen (secondary N) is 3. The average molecular weight is 494 g/mol. The molecule has 3 N–H and O–H groups in total. The van der Waals surface area contributed by atoms with Gasteiger partial charge < -0.3 is 24.8 Å². The second kappa shape index (κ2) is 15.1. The van der Waals surface area contributed by atoms with E-state index in [1.807, 2.05) is 27.7 Å². The van der Waals surface area contributed by atoms with Gasteiger partial charge in [-0.25, -0.2) is 14.4 Å². The van der Waals surface area contributed by atoms with Gasteiger partial charge in [-0.3, -0.25) is 10.1 Å². The fourth-order valence-corrected chi connectivity index (χ4v) is 3.35. The molecule has 0 radical (unpaired) electrons. The third-order valence-corrected chi connectivity index (χ3v) is 5.21. The summed E-state index contributed by atoms with van der Waals surface area (Å²) in [6.45, 7) is 7.85. The van der Waals surface area contributed by atoms with Crippen LogP contribution in [0.4, 0.5) is 10.5 Å². The Morgan fingerprint density at radius 2 is 1.31 bits per heavy atom. The van der Waals surface area contributed by atoms with Crippen LogP contribution in [0, 0.1) is 11.8 Å². The predicted molar refractivity (Wildman–Crippen MR) is 132 cm³/mol. The summed E-state index contributed by atoms with van der Waals surface area (Å²) >= 11 is 0. The van der Waals surface area contributed by atoms with Crippen LogP contribution in [0.1, 0.15) is 46.1 Å². The van der Waals surface area contributed by atoms with Crippen molar-refractivity contribution in [2.45, 2.75) is 65.1 Å². The van der Waals surface area contributed by atoms with Crippen molar-refractivity contribution in [2.24, 2.45) is 11.8 Å². The van der Waals surface area contributed by atoms with Gasteiger partial charge in [-0.1, -0.05) is 39.8 Å². The molecular formula is C25H39N3O7. The zero-order chi connectivity index (χ0) is 26.5. The fourth-order valence-electron chi connectivity index (χ4n) is 3.35. The summed E-state index contributed by atoms with van der Waals surface area (Å²) in [5.74, 6) is -1.85. The summed E-state index contributed by atoms with van der Waals surface area (Å²) < 4.78 is 15.2. The van der Waals surface area contributed by atoms with E-state index >= 15 is 0 Å². The number of likely N-dealkylation sites (N-methyl/N-ethyl adjacent to an activating group) is 2. The average Bonchev–Trinajstić information content (AvgIpc) is 2.80. The number of hydrogen-bond acceptors (Lipinski definition) is 9. The van der Waals surface area contributed by atoms with Crippen molar-refractivity contribution in [3.8, 4) is 0 Å². The normalized spacial score (nSPS) is 13.6. The van der Waals surface area contributed by atoms with Crippen molar-refractivity contribution in [1.82, 2.24) is 10.6 Å². The molecule has 0 bridgehead atoms. The molecule has 0 aliphatic rings. The molecule has 1 rings (SSSR count). The van der Waals surface area contributed by atoms with Crippen LogP contribution in [0.25, 0.3) is 0 Å². The number of methoxy groups -OCH3 is 1. The van der Waals surface area contributed by atoms with Gasteiger partial charge in [0, 0.05) is 12.1 Å². The lowest BCUT2D eigenvalue weighted by Crippen LogP contribution is -2.44. The van der Waals surface area contributed by atoms with E-state index in [0.29, 0.717) is 24.1 Å². The SMILES string of the molecule is CN[C@@H](CC(C)C)C(=O)OC(=O)[C@@H](Cc1ccc(NC(=O)OC)cc1)OC(=O)[C@H](CC(C)C)NC. The summed E-state index contributed by atoms with van der Waals surface area (Å²) in [5, 5.41) is 8.29. The smallest absolute Gasteiger partial charge is 0.411 e. The van der Waals surface area contributed by atoms with Crippen LogP contribution in [-0.4, -0.2) is 63.4 Å². The molecule has 0 aromatic heterocycles. The van der Waals surface area contributed by atoms with Gasteiger partial charge in [-0.15, -0.1) is 0 Å². The Hall–Kier alpha value is -2.98. The minimum Gasteiger partial charge on any atom is -0.453 e. The highest BCUT2D eigenvalue weighted by atomic mass is 16.6. The van der Waals surface area contributed by atoms with Crippen LogP contribution in [0.2, 0.25) is 0 Å². The topological polar surface area (TPSA) is 132 Å². The zero-order valence-corrected chi connectivity index (χ0v) is 21.7. The van der Waals surface area contributed by atoms with Gasteiger partial charge in [0.15, 0.2) is 0 Å².